The van der Waals surface area contributed by atoms with Gasteiger partial charge in [-0.3, -0.25) is 0 Å². The van der Waals surface area contributed by atoms with E-state index in [1.807, 2.05) is 6.92 Å². The molecular weight excluding hydrogens is 393 g/mol. The highest BCUT2D eigenvalue weighted by Crippen LogP contribution is 2.34. The van der Waals surface area contributed by atoms with E-state index in [2.05, 4.69) is 5.10 Å². The summed E-state index contributed by atoms with van der Waals surface area (Å²) in [5.74, 6) is -0.454. The van der Waals surface area contributed by atoms with Crippen molar-refractivity contribution < 1.29 is 27.4 Å². The number of carbonyl (C=O) groups is 1. The third kappa shape index (κ3) is 3.40. The van der Waals surface area contributed by atoms with Crippen molar-refractivity contribution in [3.05, 3.63) is 46.5 Å². The summed E-state index contributed by atoms with van der Waals surface area (Å²) in [4.78, 5) is 13.4. The molecule has 1 aliphatic heterocycles. The van der Waals surface area contributed by atoms with Gasteiger partial charge in [-0.15, -0.1) is 11.3 Å². The second-order valence-electron chi connectivity index (χ2n) is 7.25. The first-order chi connectivity index (χ1) is 13.2. The molecule has 0 aliphatic carbocycles. The summed E-state index contributed by atoms with van der Waals surface area (Å²) in [6.07, 6.45) is -4.44. The van der Waals surface area contributed by atoms with Gasteiger partial charge in [0.25, 0.3) is 0 Å². The fraction of sp³-hybridized carbons (Fsp3) is 0.368. The SMILES string of the molecule is Cc1nn(-c2cccc(C(F)(F)F)c2)c2sc(C(=O)OCC3(C)COC3)cc12. The van der Waals surface area contributed by atoms with Crippen molar-refractivity contribution in [2.75, 3.05) is 19.8 Å². The van der Waals surface area contributed by atoms with Gasteiger partial charge in [0, 0.05) is 10.8 Å². The quantitative estimate of drug-likeness (QED) is 0.590. The Labute approximate surface area is 162 Å². The van der Waals surface area contributed by atoms with Crippen LogP contribution < -0.4 is 0 Å². The van der Waals surface area contributed by atoms with E-state index < -0.39 is 17.7 Å². The third-order valence-corrected chi connectivity index (χ3v) is 5.71. The molecule has 28 heavy (non-hydrogen) atoms. The minimum atomic E-state index is -4.44. The number of esters is 1. The molecule has 3 heterocycles. The lowest BCUT2D eigenvalue weighted by atomic mass is 9.90. The summed E-state index contributed by atoms with van der Waals surface area (Å²) < 4.78 is 51.1. The van der Waals surface area contributed by atoms with Gasteiger partial charge in [0.1, 0.15) is 16.3 Å². The van der Waals surface area contributed by atoms with Crippen LogP contribution in [-0.2, 0) is 15.7 Å². The average Bonchev–Trinajstić information content (AvgIpc) is 3.18. The number of thiophene rings is 1. The van der Waals surface area contributed by atoms with Crippen LogP contribution in [0.15, 0.2) is 30.3 Å². The van der Waals surface area contributed by atoms with Crippen LogP contribution in [0.3, 0.4) is 0 Å². The summed E-state index contributed by atoms with van der Waals surface area (Å²) >= 11 is 1.15. The minimum Gasteiger partial charge on any atom is -0.461 e. The molecule has 0 N–H and O–H groups in total. The summed E-state index contributed by atoms with van der Waals surface area (Å²) in [5.41, 5.74) is 0.00576. The molecule has 9 heteroatoms. The molecule has 0 atom stereocenters. The number of ether oxygens (including phenoxy) is 2. The van der Waals surface area contributed by atoms with Gasteiger partial charge < -0.3 is 9.47 Å². The highest BCUT2D eigenvalue weighted by Gasteiger charge is 2.35. The molecule has 148 valence electrons. The lowest BCUT2D eigenvalue weighted by Crippen LogP contribution is -2.44. The molecule has 0 saturated carbocycles. The molecule has 3 aromatic rings. The maximum absolute atomic E-state index is 13.0. The Bertz CT molecular complexity index is 1050. The van der Waals surface area contributed by atoms with Gasteiger partial charge in [-0.05, 0) is 31.2 Å². The van der Waals surface area contributed by atoms with Crippen LogP contribution >= 0.6 is 11.3 Å². The minimum absolute atomic E-state index is 0.156. The van der Waals surface area contributed by atoms with E-state index in [0.29, 0.717) is 34.0 Å². The predicted octanol–water partition coefficient (Wildman–Crippen LogP) is 4.61. The van der Waals surface area contributed by atoms with E-state index in [4.69, 9.17) is 9.47 Å². The van der Waals surface area contributed by atoms with Crippen molar-refractivity contribution in [3.63, 3.8) is 0 Å². The summed E-state index contributed by atoms with van der Waals surface area (Å²) in [5, 5.41) is 5.06. The Morgan fingerprint density at radius 1 is 1.36 bits per heavy atom. The van der Waals surface area contributed by atoms with E-state index in [1.54, 1.807) is 19.1 Å². The maximum atomic E-state index is 13.0. The van der Waals surface area contributed by atoms with Crippen molar-refractivity contribution in [1.82, 2.24) is 9.78 Å². The Morgan fingerprint density at radius 2 is 2.11 bits per heavy atom. The number of aromatic nitrogens is 2. The van der Waals surface area contributed by atoms with E-state index in [-0.39, 0.29) is 17.7 Å². The van der Waals surface area contributed by atoms with Crippen molar-refractivity contribution >= 4 is 27.5 Å². The number of hydrogen-bond acceptors (Lipinski definition) is 5. The molecule has 1 aromatic carbocycles. The molecular formula is C19H17F3N2O3S. The molecule has 2 aromatic heterocycles. The highest BCUT2D eigenvalue weighted by atomic mass is 32.1. The zero-order valence-corrected chi connectivity index (χ0v) is 16.0. The van der Waals surface area contributed by atoms with Crippen molar-refractivity contribution in [1.29, 1.82) is 0 Å². The van der Waals surface area contributed by atoms with Gasteiger partial charge in [-0.1, -0.05) is 13.0 Å². The standard InChI is InChI=1S/C19H17F3N2O3S/c1-11-14-7-15(17(25)27-10-18(2)8-26-9-18)28-16(14)24(23-11)13-5-3-4-12(6-13)19(20,21)22/h3-7H,8-10H2,1-2H3. The Kier molecular flexibility index (Phi) is 4.46. The number of fused-ring (bicyclic) bond motifs is 1. The van der Waals surface area contributed by atoms with E-state index in [0.717, 1.165) is 23.5 Å². The molecule has 0 bridgehead atoms. The number of halogens is 3. The summed E-state index contributed by atoms with van der Waals surface area (Å²) in [7, 11) is 0. The number of carbonyl (C=O) groups excluding carboxylic acids is 1. The van der Waals surface area contributed by atoms with Crippen molar-refractivity contribution in [2.45, 2.75) is 20.0 Å². The van der Waals surface area contributed by atoms with Gasteiger partial charge in [0.15, 0.2) is 0 Å². The maximum Gasteiger partial charge on any atom is 0.416 e. The van der Waals surface area contributed by atoms with Crippen LogP contribution in [0.4, 0.5) is 13.2 Å². The second kappa shape index (κ2) is 6.59. The topological polar surface area (TPSA) is 53.4 Å². The van der Waals surface area contributed by atoms with Crippen molar-refractivity contribution in [3.8, 4) is 5.69 Å². The largest absolute Gasteiger partial charge is 0.461 e. The number of benzene rings is 1. The van der Waals surface area contributed by atoms with Crippen LogP contribution in [0.1, 0.15) is 27.9 Å². The molecule has 1 fully saturated rings. The van der Waals surface area contributed by atoms with Crippen LogP contribution in [0.5, 0.6) is 0 Å². The first kappa shape index (κ1) is 18.9. The number of nitrogens with zero attached hydrogens (tertiary/aromatic N) is 2. The van der Waals surface area contributed by atoms with E-state index in [9.17, 15) is 18.0 Å². The van der Waals surface area contributed by atoms with Gasteiger partial charge in [0.05, 0.1) is 30.2 Å². The smallest absolute Gasteiger partial charge is 0.416 e. The normalized spacial score (nSPS) is 16.2. The van der Waals surface area contributed by atoms with Gasteiger partial charge in [0.2, 0.25) is 0 Å². The van der Waals surface area contributed by atoms with Crippen molar-refractivity contribution in [2.24, 2.45) is 5.41 Å². The summed E-state index contributed by atoms with van der Waals surface area (Å²) in [6, 6.07) is 6.62. The van der Waals surface area contributed by atoms with Gasteiger partial charge in [-0.2, -0.15) is 18.3 Å². The zero-order valence-electron chi connectivity index (χ0n) is 15.2. The number of alkyl halides is 3. The predicted molar refractivity (Wildman–Crippen MR) is 97.9 cm³/mol. The Balaban J connectivity index is 1.65. The highest BCUT2D eigenvalue weighted by molar-refractivity contribution is 7.20. The third-order valence-electron chi connectivity index (χ3n) is 4.62. The molecule has 4 rings (SSSR count). The van der Waals surface area contributed by atoms with Gasteiger partial charge >= 0.3 is 12.1 Å². The number of aryl methyl sites for hydroxylation is 1. The summed E-state index contributed by atoms with van der Waals surface area (Å²) in [6.45, 7) is 5.09. The molecule has 1 saturated heterocycles. The number of hydrogen-bond donors (Lipinski definition) is 0. The number of rotatable bonds is 4. The molecule has 0 amide bonds. The fourth-order valence-electron chi connectivity index (χ4n) is 2.98. The molecule has 0 spiro atoms. The van der Waals surface area contributed by atoms with E-state index >= 15 is 0 Å². The van der Waals surface area contributed by atoms with Gasteiger partial charge in [-0.25, -0.2) is 9.48 Å². The zero-order chi connectivity index (χ0) is 20.1. The lowest BCUT2D eigenvalue weighted by molar-refractivity contribution is -0.137. The van der Waals surface area contributed by atoms with E-state index in [1.165, 1.54) is 10.7 Å². The first-order valence-corrected chi connectivity index (χ1v) is 9.40. The van der Waals surface area contributed by atoms with Crippen LogP contribution in [0, 0.1) is 12.3 Å². The molecule has 5 nitrogen and oxygen atoms in total. The van der Waals surface area contributed by atoms with Crippen LogP contribution in [-0.4, -0.2) is 35.6 Å². The fourth-order valence-corrected chi connectivity index (χ4v) is 4.06. The second-order valence-corrected chi connectivity index (χ2v) is 8.29. The monoisotopic (exact) mass is 410 g/mol. The van der Waals surface area contributed by atoms with Crippen LogP contribution in [0.2, 0.25) is 0 Å². The molecule has 0 unspecified atom stereocenters. The molecule has 1 aliphatic rings. The Hall–Kier alpha value is -2.39. The Morgan fingerprint density at radius 3 is 2.75 bits per heavy atom. The first-order valence-electron chi connectivity index (χ1n) is 8.58. The molecule has 0 radical (unpaired) electrons. The average molecular weight is 410 g/mol. The van der Waals surface area contributed by atoms with Crippen LogP contribution in [0.25, 0.3) is 15.9 Å². The lowest BCUT2D eigenvalue weighted by Gasteiger charge is -2.37.